The summed E-state index contributed by atoms with van der Waals surface area (Å²) in [4.78, 5) is 6.10. The fourth-order valence-corrected chi connectivity index (χ4v) is 5.88. The Kier molecular flexibility index (Phi) is 5.29. The molecule has 1 aromatic heterocycles. The number of halogens is 6. The largest absolute Gasteiger partial charge is 0.410 e. The van der Waals surface area contributed by atoms with E-state index in [1.165, 1.54) is 0 Å². The summed E-state index contributed by atoms with van der Waals surface area (Å²) >= 11 is 0. The van der Waals surface area contributed by atoms with Crippen LogP contribution in [0.5, 0.6) is 0 Å². The van der Waals surface area contributed by atoms with Crippen molar-refractivity contribution < 1.29 is 26.3 Å². The highest BCUT2D eigenvalue weighted by molar-refractivity contribution is 5.30. The number of benzene rings is 1. The second kappa shape index (κ2) is 7.92. The Balaban J connectivity index is 1.50. The quantitative estimate of drug-likeness (QED) is 0.371. The van der Waals surface area contributed by atoms with Gasteiger partial charge in [0.2, 0.25) is 0 Å². The lowest BCUT2D eigenvalue weighted by atomic mass is 9.82. The average molecular weight is 469 g/mol. The van der Waals surface area contributed by atoms with E-state index in [0.29, 0.717) is 19.5 Å². The Morgan fingerprint density at radius 2 is 1.70 bits per heavy atom. The second-order valence-corrected chi connectivity index (χ2v) is 9.25. The molecule has 2 aliphatic heterocycles. The number of hydrogen-bond donors (Lipinski definition) is 0. The zero-order valence-electron chi connectivity index (χ0n) is 17.5. The Hall–Kier alpha value is -2.77. The minimum Gasteiger partial charge on any atom is -0.310 e. The van der Waals surface area contributed by atoms with E-state index in [-0.39, 0.29) is 47.8 Å². The van der Waals surface area contributed by atoms with Gasteiger partial charge in [-0.15, -0.1) is 0 Å². The molecule has 0 amide bonds. The van der Waals surface area contributed by atoms with Gasteiger partial charge in [-0.1, -0.05) is 6.07 Å². The van der Waals surface area contributed by atoms with Crippen LogP contribution in [-0.2, 0) is 6.42 Å². The van der Waals surface area contributed by atoms with E-state index in [0.717, 1.165) is 29.7 Å². The summed E-state index contributed by atoms with van der Waals surface area (Å²) in [6.07, 6.45) is -0.642. The number of aromatic nitrogens is 3. The van der Waals surface area contributed by atoms with Crippen molar-refractivity contribution in [2.75, 3.05) is 13.1 Å². The number of nitrogens with zero attached hydrogens (tertiary/aromatic N) is 5. The molecule has 5 rings (SSSR count). The summed E-state index contributed by atoms with van der Waals surface area (Å²) in [6.45, 7) is 1.22. The predicted molar refractivity (Wildman–Crippen MR) is 103 cm³/mol. The number of hydrogen-bond acceptors (Lipinski definition) is 4. The number of nitriles is 1. The van der Waals surface area contributed by atoms with E-state index in [2.05, 4.69) is 16.3 Å². The molecule has 5 atom stereocenters. The van der Waals surface area contributed by atoms with Gasteiger partial charge in [-0.25, -0.2) is 22.8 Å². The van der Waals surface area contributed by atoms with Crippen LogP contribution in [0.25, 0.3) is 0 Å². The molecule has 1 aromatic carbocycles. The van der Waals surface area contributed by atoms with Crippen LogP contribution in [0.3, 0.4) is 0 Å². The third-order valence-electron chi connectivity index (χ3n) is 7.44. The molecule has 11 heteroatoms. The average Bonchev–Trinajstić information content (AvgIpc) is 3.28. The molecule has 1 saturated heterocycles. The summed E-state index contributed by atoms with van der Waals surface area (Å²) < 4.78 is 83.7. The topological polar surface area (TPSA) is 57.7 Å². The molecule has 0 N–H and O–H groups in total. The summed E-state index contributed by atoms with van der Waals surface area (Å²) in [5.74, 6) is -4.60. The minimum atomic E-state index is -4.57. The minimum absolute atomic E-state index is 0.0784. The van der Waals surface area contributed by atoms with Crippen LogP contribution in [0.15, 0.2) is 12.1 Å². The van der Waals surface area contributed by atoms with E-state index in [9.17, 15) is 31.6 Å². The Labute approximate surface area is 186 Å². The first-order valence-corrected chi connectivity index (χ1v) is 11.0. The van der Waals surface area contributed by atoms with E-state index >= 15 is 0 Å². The highest BCUT2D eigenvalue weighted by Crippen LogP contribution is 2.46. The van der Waals surface area contributed by atoms with Crippen LogP contribution in [-0.4, -0.2) is 38.9 Å². The highest BCUT2D eigenvalue weighted by Gasteiger charge is 2.48. The number of piperidine rings is 1. The molecule has 5 nitrogen and oxygen atoms in total. The fraction of sp³-hybridized carbons (Fsp3) is 0.591. The molecule has 3 aliphatic rings. The predicted octanol–water partition coefficient (Wildman–Crippen LogP) is 4.71. The summed E-state index contributed by atoms with van der Waals surface area (Å²) in [5, 5.41) is 13.4. The SMILES string of the molecule is N#CN1C[C@H]2CC[C@@H](C1)C2Cc1nc2n(n1)C(C(F)(F)F)CCC2c1ccc(F)c(F)c1F. The van der Waals surface area contributed by atoms with Gasteiger partial charge in [-0.05, 0) is 49.5 Å². The van der Waals surface area contributed by atoms with Gasteiger partial charge in [0, 0.05) is 31.0 Å². The van der Waals surface area contributed by atoms with Crippen LogP contribution < -0.4 is 0 Å². The van der Waals surface area contributed by atoms with Gasteiger partial charge in [0.1, 0.15) is 11.9 Å². The molecule has 2 bridgehead atoms. The molecule has 1 saturated carbocycles. The number of likely N-dealkylation sites (tertiary alicyclic amines) is 1. The van der Waals surface area contributed by atoms with Crippen LogP contribution >= 0.6 is 0 Å². The normalized spacial score (nSPS) is 29.1. The maximum atomic E-state index is 14.5. The van der Waals surface area contributed by atoms with Crippen molar-refractivity contribution in [2.24, 2.45) is 17.8 Å². The van der Waals surface area contributed by atoms with Crippen molar-refractivity contribution in [1.82, 2.24) is 19.7 Å². The zero-order valence-corrected chi connectivity index (χ0v) is 17.5. The van der Waals surface area contributed by atoms with E-state index in [1.54, 1.807) is 4.90 Å². The molecule has 0 radical (unpaired) electrons. The summed E-state index contributed by atoms with van der Waals surface area (Å²) in [6, 6.07) is -0.0788. The summed E-state index contributed by atoms with van der Waals surface area (Å²) in [5.41, 5.74) is -0.225. The Morgan fingerprint density at radius 3 is 2.33 bits per heavy atom. The molecule has 2 aromatic rings. The lowest BCUT2D eigenvalue weighted by Crippen LogP contribution is -2.40. The molecule has 2 fully saturated rings. The second-order valence-electron chi connectivity index (χ2n) is 9.25. The summed E-state index contributed by atoms with van der Waals surface area (Å²) in [7, 11) is 0. The molecule has 3 unspecified atom stereocenters. The zero-order chi connectivity index (χ0) is 23.5. The van der Waals surface area contributed by atoms with Crippen molar-refractivity contribution in [3.05, 3.63) is 46.8 Å². The molecule has 0 spiro atoms. The number of rotatable bonds is 3. The molecule has 176 valence electrons. The van der Waals surface area contributed by atoms with Crippen LogP contribution in [0.2, 0.25) is 0 Å². The van der Waals surface area contributed by atoms with Gasteiger partial charge in [0.05, 0.1) is 0 Å². The Morgan fingerprint density at radius 1 is 1.00 bits per heavy atom. The molecule has 1 aliphatic carbocycles. The molecule has 33 heavy (non-hydrogen) atoms. The lowest BCUT2D eigenvalue weighted by Gasteiger charge is -2.34. The van der Waals surface area contributed by atoms with Crippen molar-refractivity contribution in [2.45, 2.75) is 50.2 Å². The first-order valence-electron chi connectivity index (χ1n) is 11.0. The van der Waals surface area contributed by atoms with Crippen molar-refractivity contribution >= 4 is 0 Å². The van der Waals surface area contributed by atoms with Gasteiger partial charge in [0.15, 0.2) is 29.5 Å². The number of alkyl halides is 3. The third-order valence-corrected chi connectivity index (χ3v) is 7.44. The van der Waals surface area contributed by atoms with Gasteiger partial charge < -0.3 is 4.90 Å². The van der Waals surface area contributed by atoms with Gasteiger partial charge >= 0.3 is 6.18 Å². The first-order chi connectivity index (χ1) is 15.7. The van der Waals surface area contributed by atoms with Gasteiger partial charge in [-0.2, -0.15) is 23.5 Å². The molecular formula is C22H21F6N5. The maximum absolute atomic E-state index is 14.5. The van der Waals surface area contributed by atoms with E-state index < -0.39 is 35.6 Å². The van der Waals surface area contributed by atoms with Crippen LogP contribution in [0.4, 0.5) is 26.3 Å². The Bertz CT molecular complexity index is 1090. The van der Waals surface area contributed by atoms with Gasteiger partial charge in [0.25, 0.3) is 0 Å². The number of fused-ring (bicyclic) bond motifs is 3. The van der Waals surface area contributed by atoms with Crippen LogP contribution in [0, 0.1) is 46.7 Å². The maximum Gasteiger partial charge on any atom is 0.410 e. The molecular weight excluding hydrogens is 448 g/mol. The van der Waals surface area contributed by atoms with Crippen LogP contribution in [0.1, 0.15) is 54.9 Å². The lowest BCUT2D eigenvalue weighted by molar-refractivity contribution is -0.175. The monoisotopic (exact) mass is 469 g/mol. The van der Waals surface area contributed by atoms with Gasteiger partial charge in [-0.3, -0.25) is 0 Å². The van der Waals surface area contributed by atoms with Crippen molar-refractivity contribution in [1.29, 1.82) is 5.26 Å². The van der Waals surface area contributed by atoms with Crippen molar-refractivity contribution in [3.63, 3.8) is 0 Å². The van der Waals surface area contributed by atoms with Crippen molar-refractivity contribution in [3.8, 4) is 6.19 Å². The third kappa shape index (κ3) is 3.73. The standard InChI is InChI=1S/C22H21F6N5/c23-16-5-3-13(19(24)20(16)25)14-4-6-17(22(26,27)28)33-21(14)30-18(31-33)7-15-11-1-2-12(15)9-32(8-11)10-29/h3,5,11-12,14-15,17H,1-2,4,6-9H2/t11-,12+,14?,15?,17?. The van der Waals surface area contributed by atoms with E-state index in [4.69, 9.17) is 0 Å². The first kappa shape index (κ1) is 22.0. The highest BCUT2D eigenvalue weighted by atomic mass is 19.4. The fourth-order valence-electron chi connectivity index (χ4n) is 5.88. The smallest absolute Gasteiger partial charge is 0.310 e. The van der Waals surface area contributed by atoms with E-state index in [1.807, 2.05) is 0 Å². The molecule has 3 heterocycles.